The molecule has 0 aromatic rings. The number of nitrogens with one attached hydrogen (secondary N) is 2. The van der Waals surface area contributed by atoms with Crippen LogP contribution in [0.1, 0.15) is 13.8 Å². The van der Waals surface area contributed by atoms with Crippen LogP contribution in [0.25, 0.3) is 0 Å². The van der Waals surface area contributed by atoms with E-state index in [-0.39, 0.29) is 0 Å². The van der Waals surface area contributed by atoms with Gasteiger partial charge in [0.25, 0.3) is 0 Å². The molecule has 0 unspecified atom stereocenters. The van der Waals surface area contributed by atoms with Crippen molar-refractivity contribution < 1.29 is 0 Å². The summed E-state index contributed by atoms with van der Waals surface area (Å²) in [5.74, 6) is 0. The highest BCUT2D eigenvalue weighted by molar-refractivity contribution is 6.80. The summed E-state index contributed by atoms with van der Waals surface area (Å²) < 4.78 is 0. The Kier molecular flexibility index (Phi) is 3.86. The molecule has 0 bridgehead atoms. The Morgan fingerprint density at radius 2 is 1.70 bits per heavy atom. The summed E-state index contributed by atoms with van der Waals surface area (Å²) >= 11 is 0. The van der Waals surface area contributed by atoms with Crippen LogP contribution in [0.2, 0.25) is 5.54 Å². The molecule has 0 heterocycles. The van der Waals surface area contributed by atoms with Crippen LogP contribution < -0.4 is 9.96 Å². The average Bonchev–Trinajstić information content (AvgIpc) is 1.92. The zero-order valence-corrected chi connectivity index (χ0v) is 8.36. The van der Waals surface area contributed by atoms with E-state index >= 15 is 0 Å². The summed E-state index contributed by atoms with van der Waals surface area (Å²) in [7, 11) is 2.45. The fourth-order valence-corrected chi connectivity index (χ4v) is 3.43. The summed E-state index contributed by atoms with van der Waals surface area (Å²) in [5, 5.41) is 0. The molecule has 0 rings (SSSR count). The number of hydrogen-bond acceptors (Lipinski definition) is 2. The first kappa shape index (κ1) is 9.88. The lowest BCUT2D eigenvalue weighted by Gasteiger charge is -2.30. The smallest absolute Gasteiger partial charge is 0.228 e. The molecule has 0 radical (unpaired) electrons. The van der Waals surface area contributed by atoms with Crippen molar-refractivity contribution in [1.82, 2.24) is 9.96 Å². The molecule has 60 valence electrons. The van der Waals surface area contributed by atoms with Gasteiger partial charge in [-0.1, -0.05) is 19.5 Å². The Morgan fingerprint density at radius 1 is 1.30 bits per heavy atom. The van der Waals surface area contributed by atoms with E-state index in [2.05, 4.69) is 30.4 Å². The summed E-state index contributed by atoms with van der Waals surface area (Å²) in [4.78, 5) is 6.65. The summed E-state index contributed by atoms with van der Waals surface area (Å²) in [5.41, 5.74) is 2.68. The molecule has 0 spiro atoms. The molecule has 0 fully saturated rings. The van der Waals surface area contributed by atoms with Crippen LogP contribution in [0.3, 0.4) is 0 Å². The molecule has 3 heteroatoms. The predicted octanol–water partition coefficient (Wildman–Crippen LogP) is 1.00. The zero-order chi connectivity index (χ0) is 8.20. The number of rotatable bonds is 4. The molecular formula is C7H18N2Si. The first-order valence-electron chi connectivity index (χ1n) is 3.64. The second-order valence-electron chi connectivity index (χ2n) is 2.73. The van der Waals surface area contributed by atoms with Crippen molar-refractivity contribution in [2.45, 2.75) is 19.4 Å². The molecule has 0 atom stereocenters. The van der Waals surface area contributed by atoms with Crippen molar-refractivity contribution in [2.75, 3.05) is 14.1 Å². The van der Waals surface area contributed by atoms with Gasteiger partial charge in [0.15, 0.2) is 0 Å². The van der Waals surface area contributed by atoms with E-state index in [1.165, 1.54) is 0 Å². The van der Waals surface area contributed by atoms with E-state index in [1.54, 1.807) is 0 Å². The molecule has 2 nitrogen and oxygen atoms in total. The molecule has 0 aromatic heterocycles. The largest absolute Gasteiger partial charge is 0.325 e. The minimum atomic E-state index is -1.53. The van der Waals surface area contributed by atoms with Gasteiger partial charge in [-0.05, 0) is 19.6 Å². The second-order valence-corrected chi connectivity index (χ2v) is 7.03. The highest BCUT2D eigenvalue weighted by atomic mass is 28.3. The fourth-order valence-electron chi connectivity index (χ4n) is 1.14. The fraction of sp³-hybridized carbons (Fsp3) is 0.714. The quantitative estimate of drug-likeness (QED) is 0.597. The first-order valence-corrected chi connectivity index (χ1v) is 5.79. The molecule has 0 amide bonds. The van der Waals surface area contributed by atoms with Gasteiger partial charge in [-0.2, -0.15) is 0 Å². The van der Waals surface area contributed by atoms with Gasteiger partial charge < -0.3 is 9.96 Å². The Labute approximate surface area is 64.9 Å². The van der Waals surface area contributed by atoms with Crippen LogP contribution in [0.15, 0.2) is 12.3 Å². The lowest BCUT2D eigenvalue weighted by atomic mass is 10.6. The van der Waals surface area contributed by atoms with Crippen LogP contribution >= 0.6 is 0 Å². The molecule has 0 aliphatic carbocycles. The van der Waals surface area contributed by atoms with Crippen LogP contribution in [0, 0.1) is 0 Å². The van der Waals surface area contributed by atoms with Gasteiger partial charge in [0.1, 0.15) is 0 Å². The van der Waals surface area contributed by atoms with E-state index in [1.807, 2.05) is 19.8 Å². The topological polar surface area (TPSA) is 24.1 Å². The van der Waals surface area contributed by atoms with Crippen LogP contribution in [-0.2, 0) is 0 Å². The SMILES string of the molecule is C=C[Si](NC)(NC)C(C)C. The maximum absolute atomic E-state index is 3.83. The summed E-state index contributed by atoms with van der Waals surface area (Å²) in [6.07, 6.45) is 0. The molecule has 0 aliphatic rings. The van der Waals surface area contributed by atoms with Crippen LogP contribution in [0.4, 0.5) is 0 Å². The molecule has 0 saturated carbocycles. The molecule has 10 heavy (non-hydrogen) atoms. The van der Waals surface area contributed by atoms with Crippen molar-refractivity contribution in [3.05, 3.63) is 12.3 Å². The van der Waals surface area contributed by atoms with E-state index in [9.17, 15) is 0 Å². The number of hydrogen-bond donors (Lipinski definition) is 2. The van der Waals surface area contributed by atoms with E-state index in [0.29, 0.717) is 5.54 Å². The highest BCUT2D eigenvalue weighted by Crippen LogP contribution is 2.13. The lowest BCUT2D eigenvalue weighted by Crippen LogP contribution is -2.60. The van der Waals surface area contributed by atoms with Gasteiger partial charge in [-0.15, -0.1) is 6.58 Å². The molecule has 0 aliphatic heterocycles. The third kappa shape index (κ3) is 1.68. The monoisotopic (exact) mass is 158 g/mol. The van der Waals surface area contributed by atoms with Gasteiger partial charge in [0, 0.05) is 0 Å². The lowest BCUT2D eigenvalue weighted by molar-refractivity contribution is 0.891. The van der Waals surface area contributed by atoms with Gasteiger partial charge in [0.2, 0.25) is 8.40 Å². The molecule has 2 N–H and O–H groups in total. The van der Waals surface area contributed by atoms with Crippen LogP contribution in [0.5, 0.6) is 0 Å². The Morgan fingerprint density at radius 3 is 1.70 bits per heavy atom. The minimum Gasteiger partial charge on any atom is -0.325 e. The third-order valence-corrected chi connectivity index (χ3v) is 6.18. The van der Waals surface area contributed by atoms with Gasteiger partial charge in [0.05, 0.1) is 0 Å². The van der Waals surface area contributed by atoms with Crippen LogP contribution in [-0.4, -0.2) is 22.5 Å². The molecular weight excluding hydrogens is 140 g/mol. The van der Waals surface area contributed by atoms with Crippen molar-refractivity contribution in [1.29, 1.82) is 0 Å². The van der Waals surface area contributed by atoms with E-state index in [4.69, 9.17) is 0 Å². The second kappa shape index (κ2) is 3.90. The summed E-state index contributed by atoms with van der Waals surface area (Å²) in [6.45, 7) is 8.25. The standard InChI is InChI=1S/C7H18N2Si/c1-6-10(8-4,9-5)7(2)3/h6-9H,1H2,2-5H3. The Bertz CT molecular complexity index is 108. The average molecular weight is 158 g/mol. The molecule has 0 saturated heterocycles. The van der Waals surface area contributed by atoms with Crippen molar-refractivity contribution in [2.24, 2.45) is 0 Å². The maximum Gasteiger partial charge on any atom is 0.228 e. The molecule has 0 aromatic carbocycles. The van der Waals surface area contributed by atoms with E-state index < -0.39 is 8.40 Å². The van der Waals surface area contributed by atoms with Gasteiger partial charge >= 0.3 is 0 Å². The predicted molar refractivity (Wildman–Crippen MR) is 49.2 cm³/mol. The van der Waals surface area contributed by atoms with Crippen molar-refractivity contribution in [3.8, 4) is 0 Å². The van der Waals surface area contributed by atoms with E-state index in [0.717, 1.165) is 0 Å². The van der Waals surface area contributed by atoms with Gasteiger partial charge in [-0.25, -0.2) is 0 Å². The highest BCUT2D eigenvalue weighted by Gasteiger charge is 2.30. The minimum absolute atomic E-state index is 0.639. The van der Waals surface area contributed by atoms with Gasteiger partial charge in [-0.3, -0.25) is 0 Å². The maximum atomic E-state index is 3.83. The first-order chi connectivity index (χ1) is 4.63. The third-order valence-electron chi connectivity index (χ3n) is 2.06. The Hall–Kier alpha value is -0.123. The normalized spacial score (nSPS) is 12.1. The Balaban J connectivity index is 4.30. The van der Waals surface area contributed by atoms with Crippen molar-refractivity contribution >= 4 is 8.40 Å². The van der Waals surface area contributed by atoms with Crippen molar-refractivity contribution in [3.63, 3.8) is 0 Å². The summed E-state index contributed by atoms with van der Waals surface area (Å²) in [6, 6.07) is 0. The zero-order valence-electron chi connectivity index (χ0n) is 7.36.